The first-order valence-corrected chi connectivity index (χ1v) is 6.54. The minimum Gasteiger partial charge on any atom is -0.465 e. The lowest BCUT2D eigenvalue weighted by molar-refractivity contribution is -0.139. The van der Waals surface area contributed by atoms with Crippen LogP contribution in [0.5, 0.6) is 0 Å². The van der Waals surface area contributed by atoms with Crippen molar-refractivity contribution < 1.29 is 13.7 Å². The third kappa shape index (κ3) is 4.13. The maximum absolute atomic E-state index is 11.6. The van der Waals surface area contributed by atoms with Crippen molar-refractivity contribution in [1.29, 1.82) is 0 Å². The Balaban J connectivity index is 2.61. The van der Waals surface area contributed by atoms with Crippen molar-refractivity contribution in [2.75, 3.05) is 12.4 Å². The molecule has 15 heavy (non-hydrogen) atoms. The summed E-state index contributed by atoms with van der Waals surface area (Å²) in [5, 5.41) is 0. The van der Waals surface area contributed by atoms with Crippen LogP contribution in [0.2, 0.25) is 0 Å². The van der Waals surface area contributed by atoms with Crippen molar-refractivity contribution in [3.63, 3.8) is 0 Å². The average molecular weight is 291 g/mol. The smallest absolute Gasteiger partial charge is 0.318 e. The molecule has 0 unspecified atom stereocenters. The first-order chi connectivity index (χ1) is 7.13. The molecule has 0 aliphatic heterocycles. The molecular weight excluding hydrogens is 280 g/mol. The normalized spacial score (nSPS) is 12.1. The minimum absolute atomic E-state index is 0.0878. The van der Waals surface area contributed by atoms with E-state index in [1.807, 2.05) is 0 Å². The number of hydrogen-bond acceptors (Lipinski definition) is 3. The van der Waals surface area contributed by atoms with Gasteiger partial charge in [0.15, 0.2) is 0 Å². The van der Waals surface area contributed by atoms with Crippen molar-refractivity contribution in [1.82, 2.24) is 0 Å². The highest BCUT2D eigenvalue weighted by Gasteiger charge is 2.10. The van der Waals surface area contributed by atoms with Crippen molar-refractivity contribution in [3.05, 3.63) is 28.7 Å². The number of rotatable bonds is 4. The number of halogens is 1. The van der Waals surface area contributed by atoms with Gasteiger partial charge in [0.25, 0.3) is 0 Å². The summed E-state index contributed by atoms with van der Waals surface area (Å²) in [7, 11) is -1.32. The fourth-order valence-electron chi connectivity index (χ4n) is 0.979. The van der Waals surface area contributed by atoms with Crippen molar-refractivity contribution in [3.8, 4) is 0 Å². The van der Waals surface area contributed by atoms with Crippen LogP contribution in [0.1, 0.15) is 6.92 Å². The molecule has 1 rings (SSSR count). The van der Waals surface area contributed by atoms with Gasteiger partial charge in [-0.3, -0.25) is 9.00 Å². The number of esters is 1. The maximum Gasteiger partial charge on any atom is 0.318 e. The van der Waals surface area contributed by atoms with Crippen LogP contribution in [0.3, 0.4) is 0 Å². The largest absolute Gasteiger partial charge is 0.465 e. The van der Waals surface area contributed by atoms with Crippen LogP contribution in [0.4, 0.5) is 0 Å². The zero-order valence-corrected chi connectivity index (χ0v) is 10.6. The zero-order chi connectivity index (χ0) is 11.3. The van der Waals surface area contributed by atoms with Gasteiger partial charge in [-0.15, -0.1) is 0 Å². The molecular formula is C10H11BrO3S. The van der Waals surface area contributed by atoms with Crippen molar-refractivity contribution >= 4 is 32.7 Å². The Morgan fingerprint density at radius 3 is 2.53 bits per heavy atom. The first-order valence-electron chi connectivity index (χ1n) is 4.43. The third-order valence-corrected chi connectivity index (χ3v) is 3.46. The topological polar surface area (TPSA) is 43.4 Å². The highest BCUT2D eigenvalue weighted by atomic mass is 79.9. The Morgan fingerprint density at radius 2 is 2.00 bits per heavy atom. The van der Waals surface area contributed by atoms with E-state index in [0.717, 1.165) is 4.47 Å². The number of hydrogen-bond donors (Lipinski definition) is 0. The van der Waals surface area contributed by atoms with Crippen LogP contribution in [-0.4, -0.2) is 22.5 Å². The lowest BCUT2D eigenvalue weighted by Gasteiger charge is -2.02. The second-order valence-electron chi connectivity index (χ2n) is 2.75. The number of carbonyl (C=O) groups excluding carboxylic acids is 1. The van der Waals surface area contributed by atoms with Gasteiger partial charge in [0.1, 0.15) is 5.75 Å². The molecule has 0 amide bonds. The molecule has 0 aliphatic carbocycles. The monoisotopic (exact) mass is 290 g/mol. The predicted molar refractivity (Wildman–Crippen MR) is 62.1 cm³/mol. The van der Waals surface area contributed by atoms with Gasteiger partial charge in [0, 0.05) is 9.37 Å². The molecule has 0 saturated carbocycles. The van der Waals surface area contributed by atoms with E-state index in [2.05, 4.69) is 15.9 Å². The Hall–Kier alpha value is -0.680. The van der Waals surface area contributed by atoms with Gasteiger partial charge < -0.3 is 4.74 Å². The first kappa shape index (κ1) is 12.4. The van der Waals surface area contributed by atoms with Crippen LogP contribution < -0.4 is 0 Å². The fraction of sp³-hybridized carbons (Fsp3) is 0.300. The predicted octanol–water partition coefficient (Wildman–Crippen LogP) is 2.12. The molecule has 3 nitrogen and oxygen atoms in total. The molecule has 0 spiro atoms. The molecule has 0 bridgehead atoms. The molecule has 0 N–H and O–H groups in total. The fourth-order valence-corrected chi connectivity index (χ4v) is 2.15. The van der Waals surface area contributed by atoms with Crippen LogP contribution in [0.25, 0.3) is 0 Å². The SMILES string of the molecule is CCOC(=O)C[S@](=O)c1ccc(Br)cc1. The summed E-state index contributed by atoms with van der Waals surface area (Å²) in [5.41, 5.74) is 0. The Morgan fingerprint density at radius 1 is 1.40 bits per heavy atom. The van der Waals surface area contributed by atoms with Gasteiger partial charge in [0.05, 0.1) is 17.4 Å². The van der Waals surface area contributed by atoms with Gasteiger partial charge in [-0.25, -0.2) is 0 Å². The van der Waals surface area contributed by atoms with Gasteiger partial charge in [-0.05, 0) is 31.2 Å². The van der Waals surface area contributed by atoms with Gasteiger partial charge in [-0.1, -0.05) is 15.9 Å². The summed E-state index contributed by atoms with van der Waals surface area (Å²) in [6.45, 7) is 2.04. The lowest BCUT2D eigenvalue weighted by atomic mass is 10.4. The van der Waals surface area contributed by atoms with Gasteiger partial charge in [-0.2, -0.15) is 0 Å². The molecule has 0 fully saturated rings. The standard InChI is InChI=1S/C10H11BrO3S/c1-2-14-10(12)7-15(13)9-5-3-8(11)4-6-9/h3-6H,2,7H2,1H3/t15-/m0/s1. The van der Waals surface area contributed by atoms with E-state index in [-0.39, 0.29) is 5.75 Å². The van der Waals surface area contributed by atoms with Gasteiger partial charge >= 0.3 is 5.97 Å². The summed E-state index contributed by atoms with van der Waals surface area (Å²) in [6, 6.07) is 7.02. The van der Waals surface area contributed by atoms with E-state index in [1.165, 1.54) is 0 Å². The molecule has 1 aromatic carbocycles. The zero-order valence-electron chi connectivity index (χ0n) is 8.23. The summed E-state index contributed by atoms with van der Waals surface area (Å²) in [4.78, 5) is 11.7. The van der Waals surface area contributed by atoms with Crippen LogP contribution >= 0.6 is 15.9 Å². The molecule has 82 valence electrons. The van der Waals surface area contributed by atoms with Gasteiger partial charge in [0.2, 0.25) is 0 Å². The van der Waals surface area contributed by atoms with Crippen LogP contribution in [0.15, 0.2) is 33.6 Å². The van der Waals surface area contributed by atoms with Crippen molar-refractivity contribution in [2.45, 2.75) is 11.8 Å². The molecule has 0 aromatic heterocycles. The number of ether oxygens (including phenoxy) is 1. The summed E-state index contributed by atoms with van der Waals surface area (Å²) >= 11 is 3.28. The van der Waals surface area contributed by atoms with E-state index >= 15 is 0 Å². The van der Waals surface area contributed by atoms with E-state index < -0.39 is 16.8 Å². The van der Waals surface area contributed by atoms with E-state index in [0.29, 0.717) is 11.5 Å². The molecule has 1 aromatic rings. The summed E-state index contributed by atoms with van der Waals surface area (Å²) in [5.74, 6) is -0.520. The van der Waals surface area contributed by atoms with E-state index in [4.69, 9.17) is 4.74 Å². The Kier molecular flexibility index (Phi) is 4.98. The summed E-state index contributed by atoms with van der Waals surface area (Å²) in [6.07, 6.45) is 0. The molecule has 0 heterocycles. The molecule has 5 heteroatoms. The maximum atomic E-state index is 11.6. The minimum atomic E-state index is -1.32. The quantitative estimate of drug-likeness (QED) is 0.798. The highest BCUT2D eigenvalue weighted by molar-refractivity contribution is 9.10. The average Bonchev–Trinajstić information content (AvgIpc) is 2.18. The lowest BCUT2D eigenvalue weighted by Crippen LogP contribution is -2.13. The Labute approximate surface area is 99.4 Å². The van der Waals surface area contributed by atoms with Crippen LogP contribution in [0, 0.1) is 0 Å². The molecule has 1 atom stereocenters. The Bertz CT molecular complexity index is 361. The second kappa shape index (κ2) is 6.02. The van der Waals surface area contributed by atoms with E-state index in [9.17, 15) is 9.00 Å². The number of carbonyl (C=O) groups is 1. The molecule has 0 aliphatic rings. The highest BCUT2D eigenvalue weighted by Crippen LogP contribution is 2.13. The molecule has 0 saturated heterocycles. The second-order valence-corrected chi connectivity index (χ2v) is 5.12. The van der Waals surface area contributed by atoms with Crippen molar-refractivity contribution in [2.24, 2.45) is 0 Å². The molecule has 0 radical (unpaired) electrons. The van der Waals surface area contributed by atoms with Crippen LogP contribution in [-0.2, 0) is 20.3 Å². The number of benzene rings is 1. The summed E-state index contributed by atoms with van der Waals surface area (Å²) < 4.78 is 17.3. The van der Waals surface area contributed by atoms with E-state index in [1.54, 1.807) is 31.2 Å². The third-order valence-electron chi connectivity index (χ3n) is 1.63.